The van der Waals surface area contributed by atoms with Crippen LogP contribution in [0.1, 0.15) is 6.42 Å². The molecular weight excluding hydrogens is 339 g/mol. The molecule has 3 heterocycles. The first-order chi connectivity index (χ1) is 12.6. The maximum Gasteiger partial charge on any atom is 0.220 e. The molecule has 0 aliphatic carbocycles. The minimum atomic E-state index is -0.406. The van der Waals surface area contributed by atoms with E-state index in [9.17, 15) is 9.18 Å². The van der Waals surface area contributed by atoms with E-state index < -0.39 is 5.91 Å². The normalized spacial score (nSPS) is 17.6. The summed E-state index contributed by atoms with van der Waals surface area (Å²) < 4.78 is 21.2. The third-order valence-electron chi connectivity index (χ3n) is 4.29. The Hall–Kier alpha value is -3.07. The van der Waals surface area contributed by atoms with Crippen LogP contribution in [0.25, 0.3) is 16.7 Å². The minimum absolute atomic E-state index is 0.152. The Labute approximate surface area is 148 Å². The van der Waals surface area contributed by atoms with Crippen LogP contribution in [0, 0.1) is 5.82 Å². The first kappa shape index (κ1) is 16.4. The Balaban J connectivity index is 1.71. The number of anilines is 1. The highest BCUT2D eigenvalue weighted by Gasteiger charge is 2.25. The van der Waals surface area contributed by atoms with Crippen molar-refractivity contribution < 1.29 is 13.9 Å². The van der Waals surface area contributed by atoms with Gasteiger partial charge in [0.05, 0.1) is 30.7 Å². The molecule has 0 bridgehead atoms. The van der Waals surface area contributed by atoms with Gasteiger partial charge in [-0.25, -0.2) is 19.0 Å². The molecule has 8 nitrogen and oxygen atoms in total. The summed E-state index contributed by atoms with van der Waals surface area (Å²) in [6.07, 6.45) is 2.91. The molecule has 0 radical (unpaired) electrons. The molecule has 1 atom stereocenters. The average Bonchev–Trinajstić information content (AvgIpc) is 3.06. The van der Waals surface area contributed by atoms with Crippen LogP contribution in [0.3, 0.4) is 0 Å². The lowest BCUT2D eigenvalue weighted by Crippen LogP contribution is -2.44. The zero-order valence-electron chi connectivity index (χ0n) is 13.9. The summed E-state index contributed by atoms with van der Waals surface area (Å²) in [5, 5.41) is 5.00. The van der Waals surface area contributed by atoms with Crippen molar-refractivity contribution in [1.29, 1.82) is 0 Å². The van der Waals surface area contributed by atoms with Crippen molar-refractivity contribution in [2.24, 2.45) is 5.73 Å². The van der Waals surface area contributed by atoms with Crippen molar-refractivity contribution in [2.45, 2.75) is 12.5 Å². The van der Waals surface area contributed by atoms with Crippen LogP contribution in [0.4, 0.5) is 10.2 Å². The summed E-state index contributed by atoms with van der Waals surface area (Å²) in [5.41, 5.74) is 6.10. The number of primary amides is 1. The first-order valence-corrected chi connectivity index (χ1v) is 8.22. The lowest BCUT2D eigenvalue weighted by molar-refractivity contribution is -0.121. The molecule has 1 unspecified atom stereocenters. The highest BCUT2D eigenvalue weighted by Crippen LogP contribution is 2.27. The van der Waals surface area contributed by atoms with Gasteiger partial charge in [0.15, 0.2) is 5.65 Å². The molecule has 0 spiro atoms. The fourth-order valence-electron chi connectivity index (χ4n) is 3.14. The number of carbonyl (C=O) groups excluding carboxylic acids is 1. The highest BCUT2D eigenvalue weighted by molar-refractivity contribution is 5.87. The number of halogens is 1. The molecule has 0 saturated carbocycles. The number of fused-ring (bicyclic) bond motifs is 1. The van der Waals surface area contributed by atoms with Crippen molar-refractivity contribution in [1.82, 2.24) is 19.7 Å². The van der Waals surface area contributed by atoms with Crippen LogP contribution in [-0.2, 0) is 9.53 Å². The zero-order chi connectivity index (χ0) is 18.1. The molecule has 2 N–H and O–H groups in total. The van der Waals surface area contributed by atoms with Crippen LogP contribution >= 0.6 is 0 Å². The Morgan fingerprint density at radius 1 is 1.35 bits per heavy atom. The number of morpholine rings is 1. The van der Waals surface area contributed by atoms with Crippen LogP contribution < -0.4 is 10.6 Å². The maximum absolute atomic E-state index is 14.1. The highest BCUT2D eigenvalue weighted by atomic mass is 19.1. The third kappa shape index (κ3) is 2.97. The number of benzene rings is 1. The number of para-hydroxylation sites is 1. The summed E-state index contributed by atoms with van der Waals surface area (Å²) in [6, 6.07) is 6.38. The number of aromatic nitrogens is 4. The Morgan fingerprint density at radius 2 is 2.19 bits per heavy atom. The van der Waals surface area contributed by atoms with Gasteiger partial charge in [-0.2, -0.15) is 5.10 Å². The van der Waals surface area contributed by atoms with Gasteiger partial charge in [-0.05, 0) is 12.1 Å². The van der Waals surface area contributed by atoms with Gasteiger partial charge in [-0.15, -0.1) is 0 Å². The maximum atomic E-state index is 14.1. The minimum Gasteiger partial charge on any atom is -0.374 e. The third-order valence-corrected chi connectivity index (χ3v) is 4.29. The van der Waals surface area contributed by atoms with E-state index in [1.54, 1.807) is 24.4 Å². The van der Waals surface area contributed by atoms with Crippen molar-refractivity contribution in [3.63, 3.8) is 0 Å². The summed E-state index contributed by atoms with van der Waals surface area (Å²) in [6.45, 7) is 1.57. The average molecular weight is 356 g/mol. The molecular formula is C17H17FN6O2. The van der Waals surface area contributed by atoms with E-state index in [0.29, 0.717) is 42.2 Å². The number of ether oxygens (including phenoxy) is 1. The van der Waals surface area contributed by atoms with Gasteiger partial charge in [0, 0.05) is 13.1 Å². The van der Waals surface area contributed by atoms with E-state index in [0.717, 1.165) is 0 Å². The van der Waals surface area contributed by atoms with Gasteiger partial charge in [-0.3, -0.25) is 4.79 Å². The van der Waals surface area contributed by atoms with Crippen molar-refractivity contribution in [3.05, 3.63) is 42.6 Å². The molecule has 1 saturated heterocycles. The summed E-state index contributed by atoms with van der Waals surface area (Å²) >= 11 is 0. The molecule has 26 heavy (non-hydrogen) atoms. The molecule has 1 aromatic carbocycles. The number of hydrogen-bond donors (Lipinski definition) is 1. The molecule has 1 aliphatic rings. The Morgan fingerprint density at radius 3 is 3.00 bits per heavy atom. The fourth-order valence-corrected chi connectivity index (χ4v) is 3.14. The van der Waals surface area contributed by atoms with Crippen molar-refractivity contribution in [2.75, 3.05) is 24.6 Å². The molecule has 3 aromatic rings. The number of nitrogens with zero attached hydrogens (tertiary/aromatic N) is 5. The largest absolute Gasteiger partial charge is 0.374 e. The van der Waals surface area contributed by atoms with Gasteiger partial charge in [0.25, 0.3) is 0 Å². The number of amides is 1. The Kier molecular flexibility index (Phi) is 4.21. The first-order valence-electron chi connectivity index (χ1n) is 8.22. The second-order valence-corrected chi connectivity index (χ2v) is 6.05. The lowest BCUT2D eigenvalue weighted by atomic mass is 10.2. The van der Waals surface area contributed by atoms with E-state index in [2.05, 4.69) is 15.1 Å². The lowest BCUT2D eigenvalue weighted by Gasteiger charge is -2.33. The van der Waals surface area contributed by atoms with Gasteiger partial charge in [-0.1, -0.05) is 12.1 Å². The molecule has 134 valence electrons. The van der Waals surface area contributed by atoms with E-state index >= 15 is 0 Å². The molecule has 1 amide bonds. The van der Waals surface area contributed by atoms with Crippen LogP contribution in [0.5, 0.6) is 0 Å². The summed E-state index contributed by atoms with van der Waals surface area (Å²) in [5.74, 6) is -0.113. The monoisotopic (exact) mass is 356 g/mol. The van der Waals surface area contributed by atoms with Crippen LogP contribution in [0.15, 0.2) is 36.8 Å². The van der Waals surface area contributed by atoms with Crippen LogP contribution in [-0.4, -0.2) is 51.5 Å². The molecule has 9 heteroatoms. The smallest absolute Gasteiger partial charge is 0.220 e. The van der Waals surface area contributed by atoms with Gasteiger partial charge in [0.1, 0.15) is 23.6 Å². The van der Waals surface area contributed by atoms with Crippen LogP contribution in [0.2, 0.25) is 0 Å². The predicted octanol–water partition coefficient (Wildman–Crippen LogP) is 1.04. The Bertz CT molecular complexity index is 959. The summed E-state index contributed by atoms with van der Waals surface area (Å²) in [7, 11) is 0. The molecule has 1 aliphatic heterocycles. The molecule has 2 aromatic heterocycles. The summed E-state index contributed by atoms with van der Waals surface area (Å²) in [4.78, 5) is 21.8. The van der Waals surface area contributed by atoms with Crippen molar-refractivity contribution >= 4 is 22.8 Å². The number of rotatable bonds is 4. The predicted molar refractivity (Wildman–Crippen MR) is 92.4 cm³/mol. The topological polar surface area (TPSA) is 99.2 Å². The molecule has 1 fully saturated rings. The fraction of sp³-hybridized carbons (Fsp3) is 0.294. The second kappa shape index (κ2) is 6.68. The number of hydrogen-bond acceptors (Lipinski definition) is 6. The van der Waals surface area contributed by atoms with Gasteiger partial charge < -0.3 is 15.4 Å². The van der Waals surface area contributed by atoms with E-state index in [-0.39, 0.29) is 18.3 Å². The SMILES string of the molecule is NC(=O)CC1CN(c2ncnc3c2cnn3-c2ccccc2F)CCO1. The van der Waals surface area contributed by atoms with Crippen molar-refractivity contribution in [3.8, 4) is 5.69 Å². The number of nitrogens with two attached hydrogens (primary N) is 1. The van der Waals surface area contributed by atoms with Gasteiger partial charge in [0.2, 0.25) is 5.91 Å². The molecule has 4 rings (SSSR count). The standard InChI is InChI=1S/C17H17FN6O2/c18-13-3-1-2-4-14(13)24-17-12(8-22-24)16(20-10-21-17)23-5-6-26-11(9-23)7-15(19)25/h1-4,8,10-11H,5-7,9H2,(H2,19,25). The zero-order valence-corrected chi connectivity index (χ0v) is 13.9. The number of carbonyl (C=O) groups is 1. The van der Waals surface area contributed by atoms with E-state index in [4.69, 9.17) is 10.5 Å². The van der Waals surface area contributed by atoms with E-state index in [1.165, 1.54) is 17.1 Å². The quantitative estimate of drug-likeness (QED) is 0.750. The second-order valence-electron chi connectivity index (χ2n) is 6.05. The van der Waals surface area contributed by atoms with E-state index in [1.807, 2.05) is 4.90 Å². The van der Waals surface area contributed by atoms with Gasteiger partial charge >= 0.3 is 0 Å².